The van der Waals surface area contributed by atoms with Gasteiger partial charge in [-0.1, -0.05) is 51.1 Å². The zero-order chi connectivity index (χ0) is 63.0. The monoisotopic (exact) mass is 1250 g/mol. The highest BCUT2D eigenvalue weighted by atomic mass is 32.1. The molecule has 1 aromatic heterocycles. The van der Waals surface area contributed by atoms with Crippen molar-refractivity contribution in [3.63, 3.8) is 0 Å². The molecule has 6 atom stereocenters. The number of thiophene rings is 1. The van der Waals surface area contributed by atoms with Gasteiger partial charge in [-0.05, 0) is 103 Å². The lowest BCUT2D eigenvalue weighted by Gasteiger charge is -2.41. The van der Waals surface area contributed by atoms with E-state index in [0.717, 1.165) is 40.0 Å². The van der Waals surface area contributed by atoms with Crippen molar-refractivity contribution in [3.05, 3.63) is 99.4 Å². The number of hydrogen-bond donors (Lipinski definition) is 8. The first-order valence-corrected chi connectivity index (χ1v) is 30.9. The number of nitrogens with two attached hydrogens (primary N) is 1. The van der Waals surface area contributed by atoms with Crippen LogP contribution < -0.4 is 37.2 Å². The van der Waals surface area contributed by atoms with Gasteiger partial charge in [-0.3, -0.25) is 67.6 Å². The van der Waals surface area contributed by atoms with E-state index in [-0.39, 0.29) is 95.5 Å². The van der Waals surface area contributed by atoms with E-state index in [1.807, 2.05) is 49.9 Å². The summed E-state index contributed by atoms with van der Waals surface area (Å²) < 4.78 is 68.9. The maximum atomic E-state index is 14.7. The lowest BCUT2D eigenvalue weighted by molar-refractivity contribution is -0.144. The summed E-state index contributed by atoms with van der Waals surface area (Å²) in [5, 5.41) is 13.1. The van der Waals surface area contributed by atoms with Gasteiger partial charge in [0.1, 0.15) is 30.2 Å². The third-order valence-electron chi connectivity index (χ3n) is 16.5. The van der Waals surface area contributed by atoms with Crippen LogP contribution >= 0.6 is 18.9 Å². The first kappa shape index (κ1) is 63.8. The van der Waals surface area contributed by atoms with Gasteiger partial charge in [0.2, 0.25) is 41.4 Å². The van der Waals surface area contributed by atoms with E-state index in [0.29, 0.717) is 30.8 Å². The number of fused-ring (bicyclic) bond motifs is 3. The maximum absolute atomic E-state index is 14.7. The Morgan fingerprint density at radius 1 is 0.828 bits per heavy atom. The minimum absolute atomic E-state index is 0.00639. The van der Waals surface area contributed by atoms with Crippen LogP contribution in [0.4, 0.5) is 23.2 Å². The fraction of sp³-hybridized carbons (Fsp3) is 0.483. The molecule has 6 heterocycles. The fourth-order valence-electron chi connectivity index (χ4n) is 11.7. The number of amides is 10. The number of nitrogens with one attached hydrogen (secondary N) is 5. The summed E-state index contributed by atoms with van der Waals surface area (Å²) in [6.45, 7) is 6.16. The summed E-state index contributed by atoms with van der Waals surface area (Å²) in [4.78, 5) is 159. The van der Waals surface area contributed by atoms with E-state index >= 15 is 0 Å². The zero-order valence-corrected chi connectivity index (χ0v) is 49.4. The Bertz CT molecular complexity index is 3460. The predicted octanol–water partition coefficient (Wildman–Crippen LogP) is 3.38. The van der Waals surface area contributed by atoms with Crippen LogP contribution in [-0.2, 0) is 55.6 Å². The Kier molecular flexibility index (Phi) is 18.8. The third kappa shape index (κ3) is 14.2. The SMILES string of the molecule is CC(C)(C)c1ccc(C[C@H](NC(=O)[C@H](CCC(N)=O)NC(=O)[C@@H]2CC[C@@H]3CCN(CC(F)F)C[C@H](NC(=O)c4cc5cc(C(F)(F)P(=O)(O)O)ccc5s4)C(=O)N32)C(=O)NCCC2CN(c3ccc4c(c3)C(=O)N(C3CCC(=O)NC3=O)C4=O)C2)cc1. The van der Waals surface area contributed by atoms with Crippen molar-refractivity contribution in [1.29, 1.82) is 0 Å². The van der Waals surface area contributed by atoms with Crippen LogP contribution in [0.2, 0.25) is 0 Å². The summed E-state index contributed by atoms with van der Waals surface area (Å²) in [6.07, 6.45) is -2.66. The molecule has 4 saturated heterocycles. The molecule has 9 N–H and O–H groups in total. The zero-order valence-electron chi connectivity index (χ0n) is 47.7. The predicted molar refractivity (Wildman–Crippen MR) is 307 cm³/mol. The van der Waals surface area contributed by atoms with Crippen molar-refractivity contribution in [3.8, 4) is 0 Å². The largest absolute Gasteiger partial charge is 0.399 e. The van der Waals surface area contributed by atoms with Crippen LogP contribution in [0.25, 0.3) is 10.1 Å². The van der Waals surface area contributed by atoms with Crippen molar-refractivity contribution < 1.29 is 79.9 Å². The second kappa shape index (κ2) is 25.6. The number of primary amides is 1. The van der Waals surface area contributed by atoms with Crippen LogP contribution in [0.5, 0.6) is 0 Å². The molecule has 87 heavy (non-hydrogen) atoms. The molecular formula is C58H67F4N10O13PS. The van der Waals surface area contributed by atoms with Gasteiger partial charge in [0, 0.05) is 74.0 Å². The van der Waals surface area contributed by atoms with Crippen molar-refractivity contribution in [2.24, 2.45) is 11.7 Å². The maximum Gasteiger partial charge on any atom is 0.399 e. The third-order valence-corrected chi connectivity index (χ3v) is 18.6. The molecule has 10 amide bonds. The number of nitrogens with zero attached hydrogens (tertiary/aromatic N) is 4. The van der Waals surface area contributed by atoms with E-state index in [2.05, 4.69) is 26.6 Å². The Hall–Kier alpha value is -7.65. The second-order valence-electron chi connectivity index (χ2n) is 23.7. The second-order valence-corrected chi connectivity index (χ2v) is 26.4. The summed E-state index contributed by atoms with van der Waals surface area (Å²) in [5.41, 5.74) is 2.41. The molecule has 0 saturated carbocycles. The minimum Gasteiger partial charge on any atom is -0.371 e. The van der Waals surface area contributed by atoms with E-state index in [1.165, 1.54) is 21.9 Å². The van der Waals surface area contributed by atoms with Crippen molar-refractivity contribution in [2.75, 3.05) is 44.2 Å². The molecule has 5 aliphatic rings. The number of piperidine rings is 1. The highest BCUT2D eigenvalue weighted by molar-refractivity contribution is 7.52. The summed E-state index contributed by atoms with van der Waals surface area (Å²) in [7, 11) is -5.94. The molecule has 4 aromatic rings. The normalized spacial score (nSPS) is 21.2. The first-order valence-electron chi connectivity index (χ1n) is 28.4. The van der Waals surface area contributed by atoms with Gasteiger partial charge in [-0.25, -0.2) is 8.78 Å². The van der Waals surface area contributed by atoms with Crippen LogP contribution in [-0.4, -0.2) is 166 Å². The number of carbonyl (C=O) groups is 10. The lowest BCUT2D eigenvalue weighted by atomic mass is 9.86. The number of alkyl halides is 4. The molecule has 0 spiro atoms. The average molecular weight is 1250 g/mol. The Morgan fingerprint density at radius 3 is 2.20 bits per heavy atom. The molecule has 3 aromatic carbocycles. The first-order chi connectivity index (χ1) is 41.0. The number of hydrogen-bond acceptors (Lipinski definition) is 14. The summed E-state index contributed by atoms with van der Waals surface area (Å²) >= 11 is 0.804. The van der Waals surface area contributed by atoms with Gasteiger partial charge < -0.3 is 46.6 Å². The van der Waals surface area contributed by atoms with Crippen molar-refractivity contribution in [2.45, 2.75) is 132 Å². The van der Waals surface area contributed by atoms with Crippen LogP contribution in [0.15, 0.2) is 66.7 Å². The van der Waals surface area contributed by atoms with E-state index < -0.39 is 140 Å². The van der Waals surface area contributed by atoms with Gasteiger partial charge >= 0.3 is 13.3 Å². The van der Waals surface area contributed by atoms with Crippen molar-refractivity contribution >= 4 is 93.8 Å². The van der Waals surface area contributed by atoms with Gasteiger partial charge in [-0.15, -0.1) is 11.3 Å². The molecular weight excluding hydrogens is 1180 g/mol. The molecule has 0 radical (unpaired) electrons. The number of anilines is 1. The van der Waals surface area contributed by atoms with E-state index in [9.17, 15) is 79.9 Å². The average Bonchev–Trinajstić information content (AvgIpc) is 1.91. The van der Waals surface area contributed by atoms with E-state index in [4.69, 9.17) is 5.73 Å². The molecule has 9 rings (SSSR count). The molecule has 0 aliphatic carbocycles. The fourth-order valence-corrected chi connectivity index (χ4v) is 13.1. The van der Waals surface area contributed by atoms with Crippen molar-refractivity contribution in [1.82, 2.24) is 41.3 Å². The standard InChI is InChI=1S/C58H67F4N10O13PS/c1-57(2,3)33-6-4-30(5-7-33)22-40(49(75)64-20-18-31-26-70(27-31)36-9-11-37-38(25-36)55(81)72(54(37)80)43-14-17-48(74)68-52(43)78)66-50(76)39(12-16-47(63)73)65-51(77)42-13-10-35-19-21-69(29-46(59)60)28-41(56(82)71(35)42)67-53(79)45-24-32-23-34(8-15-44(32)87-45)58(61,62)86(83,84)85/h4-9,11,15,23-25,31,35,39-43,46H,10,12-14,16-22,26-29H2,1-3H3,(H2,63,73)(H,64,75)(H,65,77)(H,66,76)(H,67,79)(H,68,74,78)(H2,83,84,85)/t35-,39+,40+,41+,42+,43?/m1/s1. The number of carbonyl (C=O) groups excluding carboxylic acids is 10. The molecule has 5 aliphatic heterocycles. The van der Waals surface area contributed by atoms with E-state index in [1.54, 1.807) is 12.1 Å². The Labute approximate surface area is 500 Å². The number of rotatable bonds is 21. The molecule has 466 valence electrons. The molecule has 29 heteroatoms. The molecule has 1 unspecified atom stereocenters. The van der Waals surface area contributed by atoms with Gasteiger partial charge in [0.25, 0.3) is 24.1 Å². The van der Waals surface area contributed by atoms with Gasteiger partial charge in [0.15, 0.2) is 0 Å². The van der Waals surface area contributed by atoms with Crippen LogP contribution in [0.1, 0.15) is 119 Å². The van der Waals surface area contributed by atoms with Crippen LogP contribution in [0.3, 0.4) is 0 Å². The topological polar surface area (TPSA) is 327 Å². The Balaban J connectivity index is 0.869. The Morgan fingerprint density at radius 2 is 1.53 bits per heavy atom. The summed E-state index contributed by atoms with van der Waals surface area (Å²) in [6, 6.07) is 8.88. The van der Waals surface area contributed by atoms with Gasteiger partial charge in [0.05, 0.1) is 22.5 Å². The lowest BCUT2D eigenvalue weighted by Crippen LogP contribution is -2.62. The molecule has 23 nitrogen and oxygen atoms in total. The highest BCUT2D eigenvalue weighted by Crippen LogP contribution is 2.59. The highest BCUT2D eigenvalue weighted by Gasteiger charge is 2.51. The molecule has 4 fully saturated rings. The smallest absolute Gasteiger partial charge is 0.371 e. The minimum atomic E-state index is -5.94. The number of halogens is 4. The molecule has 0 bridgehead atoms. The quantitative estimate of drug-likeness (QED) is 0.0337. The van der Waals surface area contributed by atoms with Crippen LogP contribution in [0, 0.1) is 5.92 Å². The number of imide groups is 2. The number of benzene rings is 3. The summed E-state index contributed by atoms with van der Waals surface area (Å²) in [5.74, 6) is -7.19. The van der Waals surface area contributed by atoms with Gasteiger partial charge in [-0.2, -0.15) is 8.78 Å².